The minimum Gasteiger partial charge on any atom is -0.379 e. The van der Waals surface area contributed by atoms with Crippen molar-refractivity contribution in [1.29, 1.82) is 0 Å². The molecule has 1 saturated heterocycles. The molecule has 0 amide bonds. The molecule has 2 atom stereocenters. The summed E-state index contributed by atoms with van der Waals surface area (Å²) in [7, 11) is 1.68. The highest BCUT2D eigenvalue weighted by Crippen LogP contribution is 2.23. The Morgan fingerprint density at radius 2 is 2.12 bits per heavy atom. The summed E-state index contributed by atoms with van der Waals surface area (Å²) in [6.45, 7) is 1.69. The molecule has 2 aromatic heterocycles. The normalized spacial score (nSPS) is 20.4. The van der Waals surface area contributed by atoms with Gasteiger partial charge in [-0.1, -0.05) is 18.2 Å². The lowest BCUT2D eigenvalue weighted by Crippen LogP contribution is -2.31. The molecule has 25 heavy (non-hydrogen) atoms. The van der Waals surface area contributed by atoms with Gasteiger partial charge in [-0.05, 0) is 34.1 Å². The van der Waals surface area contributed by atoms with E-state index >= 15 is 0 Å². The smallest absolute Gasteiger partial charge is 0.334 e. The van der Waals surface area contributed by atoms with E-state index in [0.717, 1.165) is 15.7 Å². The summed E-state index contributed by atoms with van der Waals surface area (Å²) in [6, 6.07) is 11.5. The number of ether oxygens (including phenoxy) is 2. The first kappa shape index (κ1) is 16.5. The van der Waals surface area contributed by atoms with E-state index in [-0.39, 0.29) is 17.7 Å². The summed E-state index contributed by atoms with van der Waals surface area (Å²) in [5, 5.41) is 0. The monoisotopic (exact) mass is 403 g/mol. The van der Waals surface area contributed by atoms with E-state index < -0.39 is 0 Å². The molecular weight excluding hydrogens is 386 g/mol. The van der Waals surface area contributed by atoms with Crippen molar-refractivity contribution in [3.63, 3.8) is 0 Å². The third kappa shape index (κ3) is 2.92. The number of hydrogen-bond acceptors (Lipinski definition) is 4. The predicted octanol–water partition coefficient (Wildman–Crippen LogP) is 2.61. The first-order valence-corrected chi connectivity index (χ1v) is 8.91. The van der Waals surface area contributed by atoms with Gasteiger partial charge in [0.1, 0.15) is 0 Å². The number of para-hydroxylation sites is 1. The van der Waals surface area contributed by atoms with Crippen molar-refractivity contribution in [1.82, 2.24) is 14.1 Å². The van der Waals surface area contributed by atoms with E-state index in [1.54, 1.807) is 22.4 Å². The van der Waals surface area contributed by atoms with Crippen molar-refractivity contribution in [3.8, 4) is 5.69 Å². The quantitative estimate of drug-likeness (QED) is 0.671. The topological polar surface area (TPSA) is 58.3 Å². The maximum Gasteiger partial charge on any atom is 0.334 e. The maximum absolute atomic E-state index is 13.2. The van der Waals surface area contributed by atoms with E-state index in [2.05, 4.69) is 20.9 Å². The van der Waals surface area contributed by atoms with Crippen molar-refractivity contribution in [3.05, 3.63) is 57.6 Å². The number of methoxy groups -OCH3 is 1. The summed E-state index contributed by atoms with van der Waals surface area (Å²) in [4.78, 5) is 17.7. The van der Waals surface area contributed by atoms with Crippen LogP contribution in [0.25, 0.3) is 16.9 Å². The lowest BCUT2D eigenvalue weighted by atomic mass is 10.1. The van der Waals surface area contributed by atoms with Gasteiger partial charge in [0.15, 0.2) is 5.65 Å². The van der Waals surface area contributed by atoms with E-state index in [4.69, 9.17) is 9.47 Å². The summed E-state index contributed by atoms with van der Waals surface area (Å²) in [5.41, 5.74) is 2.14. The number of hydrogen-bond donors (Lipinski definition) is 0. The molecule has 0 aliphatic carbocycles. The van der Waals surface area contributed by atoms with Crippen molar-refractivity contribution < 1.29 is 9.47 Å². The van der Waals surface area contributed by atoms with Gasteiger partial charge in [-0.3, -0.25) is 4.57 Å². The van der Waals surface area contributed by atoms with Gasteiger partial charge in [0, 0.05) is 30.2 Å². The molecular formula is C18H18BrN3O3. The Morgan fingerprint density at radius 3 is 2.88 bits per heavy atom. The second-order valence-electron chi connectivity index (χ2n) is 6.13. The molecule has 1 fully saturated rings. The molecule has 2 unspecified atom stereocenters. The van der Waals surface area contributed by atoms with Crippen LogP contribution in [0.1, 0.15) is 0 Å². The Balaban J connectivity index is 1.88. The van der Waals surface area contributed by atoms with Crippen LogP contribution in [0.5, 0.6) is 0 Å². The highest BCUT2D eigenvalue weighted by Gasteiger charge is 2.30. The van der Waals surface area contributed by atoms with Crippen LogP contribution in [0, 0.1) is 5.92 Å². The zero-order chi connectivity index (χ0) is 17.4. The number of imidazole rings is 1. The average molecular weight is 404 g/mol. The molecule has 0 saturated carbocycles. The molecule has 6 nitrogen and oxygen atoms in total. The first-order chi connectivity index (χ1) is 12.2. The third-order valence-electron chi connectivity index (χ3n) is 4.61. The first-order valence-electron chi connectivity index (χ1n) is 8.12. The second kappa shape index (κ2) is 6.74. The fourth-order valence-corrected chi connectivity index (χ4v) is 3.66. The van der Waals surface area contributed by atoms with Crippen LogP contribution in [0.4, 0.5) is 0 Å². The summed E-state index contributed by atoms with van der Waals surface area (Å²) >= 11 is 3.46. The van der Waals surface area contributed by atoms with Gasteiger partial charge in [-0.2, -0.15) is 0 Å². The number of nitrogens with zero attached hydrogens (tertiary/aromatic N) is 3. The highest BCUT2D eigenvalue weighted by molar-refractivity contribution is 9.10. The summed E-state index contributed by atoms with van der Waals surface area (Å²) < 4.78 is 15.3. The SMILES string of the molecule is COC1COCC1Cn1c(=O)n(-c2ccccc2)c2ncc(Br)cc21. The molecule has 3 aromatic rings. The average Bonchev–Trinajstić information content (AvgIpc) is 3.19. The second-order valence-corrected chi connectivity index (χ2v) is 7.05. The molecule has 0 bridgehead atoms. The molecule has 3 heterocycles. The maximum atomic E-state index is 13.2. The van der Waals surface area contributed by atoms with E-state index in [0.29, 0.717) is 25.4 Å². The number of fused-ring (bicyclic) bond motifs is 1. The number of benzene rings is 1. The summed E-state index contributed by atoms with van der Waals surface area (Å²) in [5.74, 6) is 0.136. The molecule has 4 rings (SSSR count). The van der Waals surface area contributed by atoms with Gasteiger partial charge in [-0.15, -0.1) is 0 Å². The van der Waals surface area contributed by atoms with Gasteiger partial charge >= 0.3 is 5.69 Å². The van der Waals surface area contributed by atoms with E-state index in [1.807, 2.05) is 36.4 Å². The molecule has 1 aromatic carbocycles. The Kier molecular flexibility index (Phi) is 4.45. The van der Waals surface area contributed by atoms with Crippen molar-refractivity contribution in [2.24, 2.45) is 5.92 Å². The number of aromatic nitrogens is 3. The van der Waals surface area contributed by atoms with Crippen LogP contribution in [0.3, 0.4) is 0 Å². The van der Waals surface area contributed by atoms with Crippen molar-refractivity contribution in [2.45, 2.75) is 12.6 Å². The number of pyridine rings is 1. The van der Waals surface area contributed by atoms with Gasteiger partial charge in [-0.25, -0.2) is 14.3 Å². The summed E-state index contributed by atoms with van der Waals surface area (Å²) in [6.07, 6.45) is 1.71. The van der Waals surface area contributed by atoms with E-state index in [9.17, 15) is 4.79 Å². The molecule has 130 valence electrons. The number of rotatable bonds is 4. The van der Waals surface area contributed by atoms with Gasteiger partial charge in [0.25, 0.3) is 0 Å². The lowest BCUT2D eigenvalue weighted by molar-refractivity contribution is 0.0632. The van der Waals surface area contributed by atoms with Crippen LogP contribution < -0.4 is 5.69 Å². The predicted molar refractivity (Wildman–Crippen MR) is 98.1 cm³/mol. The van der Waals surface area contributed by atoms with Crippen LogP contribution in [0.15, 0.2) is 51.9 Å². The van der Waals surface area contributed by atoms with E-state index in [1.165, 1.54) is 0 Å². The fraction of sp³-hybridized carbons (Fsp3) is 0.333. The highest BCUT2D eigenvalue weighted by atomic mass is 79.9. The van der Waals surface area contributed by atoms with Crippen molar-refractivity contribution >= 4 is 27.1 Å². The minimum atomic E-state index is -0.103. The van der Waals surface area contributed by atoms with Gasteiger partial charge < -0.3 is 9.47 Å². The molecule has 7 heteroatoms. The van der Waals surface area contributed by atoms with Gasteiger partial charge in [0.2, 0.25) is 0 Å². The Hall–Kier alpha value is -1.96. The Bertz CT molecular complexity index is 951. The molecule has 0 spiro atoms. The molecule has 0 radical (unpaired) electrons. The van der Waals surface area contributed by atoms with Gasteiger partial charge in [0.05, 0.1) is 30.5 Å². The fourth-order valence-electron chi connectivity index (χ4n) is 3.34. The molecule has 1 aliphatic heterocycles. The zero-order valence-corrected chi connectivity index (χ0v) is 15.3. The van der Waals surface area contributed by atoms with Crippen molar-refractivity contribution in [2.75, 3.05) is 20.3 Å². The lowest BCUT2D eigenvalue weighted by Gasteiger charge is -2.16. The third-order valence-corrected chi connectivity index (χ3v) is 5.05. The molecule has 1 aliphatic rings. The standard InChI is InChI=1S/C18H18BrN3O3/c1-24-16-11-25-10-12(16)9-21-15-7-13(19)8-20-17(15)22(18(21)23)14-5-3-2-4-6-14/h2-8,12,16H,9-11H2,1H3. The van der Waals surface area contributed by atoms with Crippen LogP contribution in [0.2, 0.25) is 0 Å². The Morgan fingerprint density at radius 1 is 1.32 bits per heavy atom. The number of halogens is 1. The van der Waals surface area contributed by atoms with Crippen LogP contribution in [-0.2, 0) is 16.0 Å². The van der Waals surface area contributed by atoms with Crippen LogP contribution >= 0.6 is 15.9 Å². The minimum absolute atomic E-state index is 0.00198. The largest absolute Gasteiger partial charge is 0.379 e. The van der Waals surface area contributed by atoms with Crippen LogP contribution in [-0.4, -0.2) is 40.5 Å². The Labute approximate surface area is 153 Å². The molecule has 0 N–H and O–H groups in total. The zero-order valence-electron chi connectivity index (χ0n) is 13.8.